The summed E-state index contributed by atoms with van der Waals surface area (Å²) in [7, 11) is -3.41. The first-order chi connectivity index (χ1) is 7.74. The minimum Gasteiger partial charge on any atom is -0.389 e. The zero-order valence-corrected chi connectivity index (χ0v) is 11.8. The van der Waals surface area contributed by atoms with Crippen molar-refractivity contribution in [3.8, 4) is 0 Å². The van der Waals surface area contributed by atoms with E-state index < -0.39 is 15.3 Å². The van der Waals surface area contributed by atoms with Gasteiger partial charge in [-0.3, -0.25) is 4.72 Å². The maximum Gasteiger partial charge on any atom is 0.235 e. The van der Waals surface area contributed by atoms with Crippen LogP contribution in [-0.4, -0.2) is 18.7 Å². The normalized spacial score (nSPS) is 11.5. The first-order valence-electron chi connectivity index (χ1n) is 4.85. The van der Waals surface area contributed by atoms with Gasteiger partial charge in [0.2, 0.25) is 10.0 Å². The standard InChI is InChI=1S/C10H13ClN2O2S2/c1-6(2)17(14,15)13-9-4-3-7(10(12)16)5-8(9)11/h3-6,13H,1-2H3,(H2,12,16). The van der Waals surface area contributed by atoms with E-state index >= 15 is 0 Å². The fourth-order valence-electron chi connectivity index (χ4n) is 1.02. The molecule has 3 N–H and O–H groups in total. The van der Waals surface area contributed by atoms with E-state index in [1.54, 1.807) is 19.9 Å². The third-order valence-corrected chi connectivity index (χ3v) is 4.42. The summed E-state index contributed by atoms with van der Waals surface area (Å²) in [6, 6.07) is 4.69. The minimum atomic E-state index is -3.41. The van der Waals surface area contributed by atoms with Crippen molar-refractivity contribution < 1.29 is 8.42 Å². The molecule has 1 aromatic rings. The highest BCUT2D eigenvalue weighted by Crippen LogP contribution is 2.24. The Morgan fingerprint density at radius 3 is 2.47 bits per heavy atom. The van der Waals surface area contributed by atoms with Gasteiger partial charge >= 0.3 is 0 Å². The van der Waals surface area contributed by atoms with Crippen LogP contribution in [0, 0.1) is 0 Å². The van der Waals surface area contributed by atoms with E-state index in [2.05, 4.69) is 4.72 Å². The average molecular weight is 293 g/mol. The zero-order chi connectivity index (χ0) is 13.2. The second-order valence-electron chi connectivity index (χ2n) is 3.75. The smallest absolute Gasteiger partial charge is 0.235 e. The maximum atomic E-state index is 11.7. The SMILES string of the molecule is CC(C)S(=O)(=O)Nc1ccc(C(N)=S)cc1Cl. The molecular formula is C10H13ClN2O2S2. The van der Waals surface area contributed by atoms with Gasteiger partial charge in [0.25, 0.3) is 0 Å². The molecule has 0 fully saturated rings. The van der Waals surface area contributed by atoms with Gasteiger partial charge in [0.15, 0.2) is 0 Å². The number of benzene rings is 1. The third-order valence-electron chi connectivity index (χ3n) is 2.13. The molecule has 1 aromatic carbocycles. The van der Waals surface area contributed by atoms with E-state index in [1.807, 2.05) is 0 Å². The molecule has 0 amide bonds. The molecule has 0 aliphatic rings. The Bertz CT molecular complexity index is 541. The number of sulfonamides is 1. The Morgan fingerprint density at radius 2 is 2.06 bits per heavy atom. The highest BCUT2D eigenvalue weighted by Gasteiger charge is 2.17. The topological polar surface area (TPSA) is 72.2 Å². The van der Waals surface area contributed by atoms with E-state index in [0.29, 0.717) is 11.3 Å². The van der Waals surface area contributed by atoms with E-state index in [0.717, 1.165) is 0 Å². The third kappa shape index (κ3) is 3.55. The van der Waals surface area contributed by atoms with Crippen LogP contribution in [0.3, 0.4) is 0 Å². The Morgan fingerprint density at radius 1 is 1.47 bits per heavy atom. The van der Waals surface area contributed by atoms with Gasteiger partial charge in [-0.2, -0.15) is 0 Å². The fourth-order valence-corrected chi connectivity index (χ4v) is 2.15. The minimum absolute atomic E-state index is 0.213. The number of thiocarbonyl (C=S) groups is 1. The lowest BCUT2D eigenvalue weighted by Crippen LogP contribution is -2.22. The van der Waals surface area contributed by atoms with Crippen molar-refractivity contribution in [3.63, 3.8) is 0 Å². The molecule has 0 radical (unpaired) electrons. The molecule has 0 aliphatic heterocycles. The summed E-state index contributed by atoms with van der Waals surface area (Å²) < 4.78 is 25.7. The molecule has 0 atom stereocenters. The first-order valence-corrected chi connectivity index (χ1v) is 7.18. The second-order valence-corrected chi connectivity index (χ2v) is 6.84. The van der Waals surface area contributed by atoms with Crippen LogP contribution in [0.15, 0.2) is 18.2 Å². The van der Waals surface area contributed by atoms with Crippen LogP contribution in [0.4, 0.5) is 5.69 Å². The van der Waals surface area contributed by atoms with E-state index in [1.165, 1.54) is 12.1 Å². The molecular weight excluding hydrogens is 280 g/mol. The van der Waals surface area contributed by atoms with Crippen LogP contribution in [0.1, 0.15) is 19.4 Å². The van der Waals surface area contributed by atoms with Gasteiger partial charge in [-0.25, -0.2) is 8.42 Å². The quantitative estimate of drug-likeness (QED) is 0.834. The molecule has 0 heterocycles. The number of rotatable bonds is 4. The summed E-state index contributed by atoms with van der Waals surface area (Å²) in [6.45, 7) is 3.17. The molecule has 0 saturated heterocycles. The fraction of sp³-hybridized carbons (Fsp3) is 0.300. The Hall–Kier alpha value is -0.850. The monoisotopic (exact) mass is 292 g/mol. The number of anilines is 1. The van der Waals surface area contributed by atoms with Crippen LogP contribution < -0.4 is 10.5 Å². The lowest BCUT2D eigenvalue weighted by Gasteiger charge is -2.12. The summed E-state index contributed by atoms with van der Waals surface area (Å²) in [5.41, 5.74) is 6.36. The van der Waals surface area contributed by atoms with Gasteiger partial charge in [-0.05, 0) is 32.0 Å². The van der Waals surface area contributed by atoms with Crippen molar-refractivity contribution in [2.45, 2.75) is 19.1 Å². The highest BCUT2D eigenvalue weighted by atomic mass is 35.5. The molecule has 0 aromatic heterocycles. The summed E-state index contributed by atoms with van der Waals surface area (Å²) in [4.78, 5) is 0.213. The average Bonchev–Trinajstić information content (AvgIpc) is 2.20. The highest BCUT2D eigenvalue weighted by molar-refractivity contribution is 7.93. The Balaban J connectivity index is 3.06. The van der Waals surface area contributed by atoms with E-state index in [-0.39, 0.29) is 10.0 Å². The van der Waals surface area contributed by atoms with Crippen molar-refractivity contribution in [1.82, 2.24) is 0 Å². The summed E-state index contributed by atoms with van der Waals surface area (Å²) >= 11 is 10.7. The Kier molecular flexibility index (Phi) is 4.35. The van der Waals surface area contributed by atoms with Crippen molar-refractivity contribution in [2.24, 2.45) is 5.73 Å². The molecule has 0 bridgehead atoms. The molecule has 0 spiro atoms. The van der Waals surface area contributed by atoms with Gasteiger partial charge in [0.1, 0.15) is 4.99 Å². The van der Waals surface area contributed by atoms with Crippen LogP contribution in [0.2, 0.25) is 5.02 Å². The molecule has 1 rings (SSSR count). The molecule has 0 unspecified atom stereocenters. The molecule has 17 heavy (non-hydrogen) atoms. The lowest BCUT2D eigenvalue weighted by atomic mass is 10.2. The van der Waals surface area contributed by atoms with E-state index in [4.69, 9.17) is 29.6 Å². The number of nitrogens with one attached hydrogen (secondary N) is 1. The van der Waals surface area contributed by atoms with Gasteiger partial charge < -0.3 is 5.73 Å². The van der Waals surface area contributed by atoms with Gasteiger partial charge in [-0.15, -0.1) is 0 Å². The molecule has 7 heteroatoms. The summed E-state index contributed by atoms with van der Waals surface area (Å²) in [5, 5.41) is -0.270. The predicted molar refractivity (Wildman–Crippen MR) is 75.0 cm³/mol. The van der Waals surface area contributed by atoms with Gasteiger partial charge in [0.05, 0.1) is 16.0 Å². The van der Waals surface area contributed by atoms with Crippen LogP contribution in [0.25, 0.3) is 0 Å². The zero-order valence-electron chi connectivity index (χ0n) is 9.40. The largest absolute Gasteiger partial charge is 0.389 e. The van der Waals surface area contributed by atoms with Crippen molar-refractivity contribution in [2.75, 3.05) is 4.72 Å². The lowest BCUT2D eigenvalue weighted by molar-refractivity contribution is 0.593. The number of hydrogen-bond donors (Lipinski definition) is 2. The molecule has 4 nitrogen and oxygen atoms in total. The van der Waals surface area contributed by atoms with Crippen molar-refractivity contribution >= 4 is 44.5 Å². The van der Waals surface area contributed by atoms with Crippen LogP contribution in [0.5, 0.6) is 0 Å². The summed E-state index contributed by atoms with van der Waals surface area (Å²) in [6.07, 6.45) is 0. The van der Waals surface area contributed by atoms with E-state index in [9.17, 15) is 8.42 Å². The summed E-state index contributed by atoms with van der Waals surface area (Å²) in [5.74, 6) is 0. The molecule has 0 saturated carbocycles. The second kappa shape index (κ2) is 5.20. The maximum absolute atomic E-state index is 11.7. The Labute approximate surface area is 111 Å². The van der Waals surface area contributed by atoms with Crippen molar-refractivity contribution in [3.05, 3.63) is 28.8 Å². The van der Waals surface area contributed by atoms with Gasteiger partial charge in [-0.1, -0.05) is 23.8 Å². The number of halogens is 1. The van der Waals surface area contributed by atoms with Crippen molar-refractivity contribution in [1.29, 1.82) is 0 Å². The molecule has 0 aliphatic carbocycles. The first kappa shape index (κ1) is 14.2. The van der Waals surface area contributed by atoms with Gasteiger partial charge in [0, 0.05) is 5.56 Å². The number of hydrogen-bond acceptors (Lipinski definition) is 3. The predicted octanol–water partition coefficient (Wildman–Crippen LogP) is 2.12. The van der Waals surface area contributed by atoms with Crippen LogP contribution in [-0.2, 0) is 10.0 Å². The molecule has 94 valence electrons. The number of nitrogens with two attached hydrogens (primary N) is 1. The van der Waals surface area contributed by atoms with Crippen LogP contribution >= 0.6 is 23.8 Å².